The number of halogens is 2. The van der Waals surface area contributed by atoms with Crippen LogP contribution in [0.2, 0.25) is 5.02 Å². The van der Waals surface area contributed by atoms with E-state index in [1.165, 1.54) is 14.0 Å². The van der Waals surface area contributed by atoms with E-state index < -0.39 is 11.6 Å². The predicted molar refractivity (Wildman–Crippen MR) is 67.3 cm³/mol. The molecule has 0 fully saturated rings. The van der Waals surface area contributed by atoms with Gasteiger partial charge in [-0.1, -0.05) is 27.5 Å². The van der Waals surface area contributed by atoms with Crippen LogP contribution in [-0.4, -0.2) is 30.4 Å². The highest BCUT2D eigenvalue weighted by Crippen LogP contribution is 2.28. The SMILES string of the molecule is COC(=O)C(C)(O)COc1ccc(Br)cc1Cl. The maximum Gasteiger partial charge on any atom is 0.341 e. The van der Waals surface area contributed by atoms with E-state index in [1.807, 2.05) is 0 Å². The van der Waals surface area contributed by atoms with Crippen molar-refractivity contribution in [2.45, 2.75) is 12.5 Å². The van der Waals surface area contributed by atoms with Crippen LogP contribution in [0.5, 0.6) is 5.75 Å². The number of aliphatic hydroxyl groups is 1. The van der Waals surface area contributed by atoms with Gasteiger partial charge < -0.3 is 14.6 Å². The van der Waals surface area contributed by atoms with Gasteiger partial charge in [0.05, 0.1) is 12.1 Å². The third-order valence-corrected chi connectivity index (χ3v) is 2.82. The van der Waals surface area contributed by atoms with Crippen LogP contribution in [0.3, 0.4) is 0 Å². The normalized spacial score (nSPS) is 13.9. The zero-order valence-corrected chi connectivity index (χ0v) is 11.7. The van der Waals surface area contributed by atoms with Crippen molar-refractivity contribution >= 4 is 33.5 Å². The summed E-state index contributed by atoms with van der Waals surface area (Å²) in [5, 5.41) is 10.1. The van der Waals surface area contributed by atoms with Gasteiger partial charge in [0.15, 0.2) is 5.60 Å². The van der Waals surface area contributed by atoms with Crippen molar-refractivity contribution in [1.29, 1.82) is 0 Å². The molecule has 0 saturated heterocycles. The molecule has 1 aromatic carbocycles. The molecular weight excluding hydrogens is 311 g/mol. The van der Waals surface area contributed by atoms with E-state index in [2.05, 4.69) is 20.7 Å². The lowest BCUT2D eigenvalue weighted by Gasteiger charge is -2.20. The van der Waals surface area contributed by atoms with E-state index in [9.17, 15) is 9.90 Å². The molecule has 1 unspecified atom stereocenters. The van der Waals surface area contributed by atoms with Crippen molar-refractivity contribution in [3.63, 3.8) is 0 Å². The summed E-state index contributed by atoms with van der Waals surface area (Å²) in [6, 6.07) is 5.04. The maximum absolute atomic E-state index is 11.2. The van der Waals surface area contributed by atoms with E-state index in [0.29, 0.717) is 10.8 Å². The van der Waals surface area contributed by atoms with E-state index in [-0.39, 0.29) is 6.61 Å². The Kier molecular flexibility index (Phi) is 4.80. The second-order valence-corrected chi connectivity index (χ2v) is 4.95. The molecule has 0 spiro atoms. The van der Waals surface area contributed by atoms with Crippen molar-refractivity contribution in [2.24, 2.45) is 0 Å². The van der Waals surface area contributed by atoms with Gasteiger partial charge in [-0.05, 0) is 25.1 Å². The van der Waals surface area contributed by atoms with Gasteiger partial charge in [0.2, 0.25) is 0 Å². The minimum Gasteiger partial charge on any atom is -0.488 e. The van der Waals surface area contributed by atoms with E-state index in [4.69, 9.17) is 16.3 Å². The Hall–Kier alpha value is -0.780. The minimum atomic E-state index is -1.70. The zero-order chi connectivity index (χ0) is 13.1. The number of hydrogen-bond donors (Lipinski definition) is 1. The molecule has 0 aliphatic heterocycles. The Morgan fingerprint density at radius 2 is 2.24 bits per heavy atom. The predicted octanol–water partition coefficient (Wildman–Crippen LogP) is 2.41. The smallest absolute Gasteiger partial charge is 0.341 e. The molecule has 0 bridgehead atoms. The zero-order valence-electron chi connectivity index (χ0n) is 9.37. The van der Waals surface area contributed by atoms with Gasteiger partial charge in [-0.3, -0.25) is 0 Å². The Bertz CT molecular complexity index is 420. The number of benzene rings is 1. The van der Waals surface area contributed by atoms with Crippen LogP contribution < -0.4 is 4.74 Å². The average molecular weight is 324 g/mol. The van der Waals surface area contributed by atoms with Gasteiger partial charge in [-0.2, -0.15) is 0 Å². The molecule has 4 nitrogen and oxygen atoms in total. The fourth-order valence-corrected chi connectivity index (χ4v) is 1.82. The van der Waals surface area contributed by atoms with E-state index in [1.54, 1.807) is 18.2 Å². The highest BCUT2D eigenvalue weighted by atomic mass is 79.9. The Morgan fingerprint density at radius 3 is 2.76 bits per heavy atom. The summed E-state index contributed by atoms with van der Waals surface area (Å²) >= 11 is 9.18. The van der Waals surface area contributed by atoms with Gasteiger partial charge in [-0.25, -0.2) is 4.79 Å². The fourth-order valence-electron chi connectivity index (χ4n) is 1.09. The first-order valence-corrected chi connectivity index (χ1v) is 5.92. The summed E-state index contributed by atoms with van der Waals surface area (Å²) in [6.07, 6.45) is 0. The largest absolute Gasteiger partial charge is 0.488 e. The third kappa shape index (κ3) is 3.87. The molecule has 1 aromatic rings. The van der Waals surface area contributed by atoms with E-state index in [0.717, 1.165) is 4.47 Å². The summed E-state index contributed by atoms with van der Waals surface area (Å²) in [6.45, 7) is 1.08. The number of hydrogen-bond acceptors (Lipinski definition) is 4. The monoisotopic (exact) mass is 322 g/mol. The first-order chi connectivity index (χ1) is 7.86. The summed E-state index contributed by atoms with van der Waals surface area (Å²) in [5.41, 5.74) is -1.70. The lowest BCUT2D eigenvalue weighted by Crippen LogP contribution is -2.42. The molecule has 1 atom stereocenters. The van der Waals surface area contributed by atoms with Crippen molar-refractivity contribution in [2.75, 3.05) is 13.7 Å². The van der Waals surface area contributed by atoms with Gasteiger partial charge in [0.1, 0.15) is 12.4 Å². The van der Waals surface area contributed by atoms with Crippen molar-refractivity contribution in [1.82, 2.24) is 0 Å². The lowest BCUT2D eigenvalue weighted by atomic mass is 10.1. The molecular formula is C11H12BrClO4. The van der Waals surface area contributed by atoms with E-state index >= 15 is 0 Å². The summed E-state index contributed by atoms with van der Waals surface area (Å²) in [5.74, 6) is -0.371. The molecule has 17 heavy (non-hydrogen) atoms. The number of esters is 1. The summed E-state index contributed by atoms with van der Waals surface area (Å²) < 4.78 is 10.5. The Labute approximate surface area is 113 Å². The van der Waals surface area contributed by atoms with Gasteiger partial charge in [0.25, 0.3) is 0 Å². The summed E-state index contributed by atoms with van der Waals surface area (Å²) in [4.78, 5) is 11.2. The second kappa shape index (κ2) is 5.71. The average Bonchev–Trinajstić information content (AvgIpc) is 2.26. The number of carbonyl (C=O) groups is 1. The first kappa shape index (κ1) is 14.3. The summed E-state index contributed by atoms with van der Waals surface area (Å²) in [7, 11) is 1.20. The number of methoxy groups -OCH3 is 1. The quantitative estimate of drug-likeness (QED) is 0.865. The molecule has 1 rings (SSSR count). The molecule has 6 heteroatoms. The Morgan fingerprint density at radius 1 is 1.59 bits per heavy atom. The maximum atomic E-state index is 11.2. The third-order valence-electron chi connectivity index (χ3n) is 2.03. The fraction of sp³-hybridized carbons (Fsp3) is 0.364. The molecule has 0 aliphatic rings. The van der Waals surface area contributed by atoms with Crippen LogP contribution in [0.25, 0.3) is 0 Å². The van der Waals surface area contributed by atoms with Crippen LogP contribution in [0.1, 0.15) is 6.92 Å². The van der Waals surface area contributed by atoms with Crippen LogP contribution in [0.4, 0.5) is 0 Å². The second-order valence-electron chi connectivity index (χ2n) is 3.63. The molecule has 0 aliphatic carbocycles. The minimum absolute atomic E-state index is 0.235. The van der Waals surface area contributed by atoms with Crippen LogP contribution >= 0.6 is 27.5 Å². The molecule has 0 saturated carbocycles. The first-order valence-electron chi connectivity index (χ1n) is 4.75. The van der Waals surface area contributed by atoms with Crippen molar-refractivity contribution in [3.05, 3.63) is 27.7 Å². The van der Waals surface area contributed by atoms with Crippen molar-refractivity contribution in [3.8, 4) is 5.75 Å². The van der Waals surface area contributed by atoms with Gasteiger partial charge >= 0.3 is 5.97 Å². The highest BCUT2D eigenvalue weighted by Gasteiger charge is 2.32. The standard InChI is InChI=1S/C11H12BrClO4/c1-11(15,10(14)16-2)6-17-9-4-3-7(12)5-8(9)13/h3-5,15H,6H2,1-2H3. The molecule has 94 valence electrons. The molecule has 0 radical (unpaired) electrons. The molecule has 0 aromatic heterocycles. The number of carbonyl (C=O) groups excluding carboxylic acids is 1. The van der Waals surface area contributed by atoms with Gasteiger partial charge in [0, 0.05) is 4.47 Å². The van der Waals surface area contributed by atoms with Crippen LogP contribution in [0, 0.1) is 0 Å². The van der Waals surface area contributed by atoms with Gasteiger partial charge in [-0.15, -0.1) is 0 Å². The highest BCUT2D eigenvalue weighted by molar-refractivity contribution is 9.10. The number of rotatable bonds is 4. The molecule has 0 amide bonds. The molecule has 1 N–H and O–H groups in total. The lowest BCUT2D eigenvalue weighted by molar-refractivity contribution is -0.163. The molecule has 0 heterocycles. The topological polar surface area (TPSA) is 55.8 Å². The Balaban J connectivity index is 2.70. The van der Waals surface area contributed by atoms with Crippen molar-refractivity contribution < 1.29 is 19.4 Å². The van der Waals surface area contributed by atoms with Crippen LogP contribution in [-0.2, 0) is 9.53 Å². The number of ether oxygens (including phenoxy) is 2. The van der Waals surface area contributed by atoms with Crippen LogP contribution in [0.15, 0.2) is 22.7 Å².